The van der Waals surface area contributed by atoms with Gasteiger partial charge < -0.3 is 15.3 Å². The minimum Gasteiger partial charge on any atom is -0.512 e. The molecule has 0 fully saturated rings. The lowest BCUT2D eigenvalue weighted by Crippen LogP contribution is -2.32. The SMILES string of the molecule is CC1(C)CC(=O)C([C@H](CC(=O)O)C(=O)O)=C(O)C1. The molecule has 0 aromatic heterocycles. The molecule has 1 aliphatic carbocycles. The summed E-state index contributed by atoms with van der Waals surface area (Å²) >= 11 is 0. The van der Waals surface area contributed by atoms with Gasteiger partial charge in [0.05, 0.1) is 12.3 Å². The normalized spacial score (nSPS) is 20.7. The summed E-state index contributed by atoms with van der Waals surface area (Å²) in [7, 11) is 0. The van der Waals surface area contributed by atoms with E-state index >= 15 is 0 Å². The van der Waals surface area contributed by atoms with Crippen LogP contribution in [0.25, 0.3) is 0 Å². The van der Waals surface area contributed by atoms with E-state index in [9.17, 15) is 19.5 Å². The van der Waals surface area contributed by atoms with Crippen molar-refractivity contribution in [1.82, 2.24) is 0 Å². The summed E-state index contributed by atoms with van der Waals surface area (Å²) in [5, 5.41) is 27.4. The number of carboxylic acids is 2. The van der Waals surface area contributed by atoms with Crippen LogP contribution in [0.15, 0.2) is 11.3 Å². The molecule has 0 unspecified atom stereocenters. The van der Waals surface area contributed by atoms with E-state index in [-0.39, 0.29) is 24.2 Å². The number of hydrogen-bond acceptors (Lipinski definition) is 4. The van der Waals surface area contributed by atoms with Gasteiger partial charge in [-0.05, 0) is 5.41 Å². The first-order valence-corrected chi connectivity index (χ1v) is 5.54. The van der Waals surface area contributed by atoms with Crippen molar-refractivity contribution in [2.75, 3.05) is 0 Å². The van der Waals surface area contributed by atoms with E-state index in [1.807, 2.05) is 0 Å². The molecule has 6 nitrogen and oxygen atoms in total. The number of carbonyl (C=O) groups is 3. The van der Waals surface area contributed by atoms with Crippen LogP contribution < -0.4 is 0 Å². The second kappa shape index (κ2) is 4.80. The largest absolute Gasteiger partial charge is 0.512 e. The van der Waals surface area contributed by atoms with Gasteiger partial charge in [0.1, 0.15) is 5.76 Å². The van der Waals surface area contributed by atoms with Crippen molar-refractivity contribution in [3.63, 3.8) is 0 Å². The van der Waals surface area contributed by atoms with Gasteiger partial charge in [0.15, 0.2) is 5.78 Å². The molecule has 0 aromatic carbocycles. The van der Waals surface area contributed by atoms with Crippen molar-refractivity contribution in [3.8, 4) is 0 Å². The lowest BCUT2D eigenvalue weighted by atomic mass is 9.73. The van der Waals surface area contributed by atoms with E-state index in [0.29, 0.717) is 0 Å². The molecule has 0 amide bonds. The van der Waals surface area contributed by atoms with Crippen LogP contribution in [-0.4, -0.2) is 33.0 Å². The molecule has 18 heavy (non-hydrogen) atoms. The highest BCUT2D eigenvalue weighted by Crippen LogP contribution is 2.38. The summed E-state index contributed by atoms with van der Waals surface area (Å²) in [6.45, 7) is 3.57. The quantitative estimate of drug-likeness (QED) is 0.700. The summed E-state index contributed by atoms with van der Waals surface area (Å²) in [5.74, 6) is -5.00. The van der Waals surface area contributed by atoms with Gasteiger partial charge in [-0.3, -0.25) is 14.4 Å². The lowest BCUT2D eigenvalue weighted by molar-refractivity contribution is -0.147. The van der Waals surface area contributed by atoms with E-state index in [0.717, 1.165) is 0 Å². The number of aliphatic hydroxyl groups excluding tert-OH is 1. The number of aliphatic carboxylic acids is 2. The van der Waals surface area contributed by atoms with Crippen LogP contribution in [0, 0.1) is 11.3 Å². The Labute approximate surface area is 104 Å². The molecule has 0 bridgehead atoms. The Morgan fingerprint density at radius 1 is 1.28 bits per heavy atom. The zero-order valence-corrected chi connectivity index (χ0v) is 10.3. The number of Topliss-reactive ketones (excluding diaryl/α,β-unsaturated/α-hetero) is 1. The zero-order valence-electron chi connectivity index (χ0n) is 10.3. The van der Waals surface area contributed by atoms with Crippen molar-refractivity contribution >= 4 is 17.7 Å². The molecule has 6 heteroatoms. The van der Waals surface area contributed by atoms with E-state index < -0.39 is 35.5 Å². The van der Waals surface area contributed by atoms with Crippen molar-refractivity contribution in [2.24, 2.45) is 11.3 Å². The average molecular weight is 256 g/mol. The first kappa shape index (κ1) is 14.2. The Hall–Kier alpha value is -1.85. The van der Waals surface area contributed by atoms with E-state index in [1.165, 1.54) is 0 Å². The maximum atomic E-state index is 11.9. The van der Waals surface area contributed by atoms with Crippen molar-refractivity contribution in [1.29, 1.82) is 0 Å². The molecule has 100 valence electrons. The molecular weight excluding hydrogens is 240 g/mol. The van der Waals surface area contributed by atoms with Gasteiger partial charge >= 0.3 is 11.9 Å². The summed E-state index contributed by atoms with van der Waals surface area (Å²) in [6.07, 6.45) is -0.422. The van der Waals surface area contributed by atoms with Crippen molar-refractivity contribution in [2.45, 2.75) is 33.1 Å². The zero-order chi connectivity index (χ0) is 14.1. The third kappa shape index (κ3) is 3.09. The smallest absolute Gasteiger partial charge is 0.311 e. The first-order chi connectivity index (χ1) is 8.14. The molecule has 1 aliphatic rings. The summed E-state index contributed by atoms with van der Waals surface area (Å²) in [6, 6.07) is 0. The molecule has 0 aliphatic heterocycles. The molecule has 1 atom stereocenters. The molecule has 0 saturated heterocycles. The standard InChI is InChI=1S/C12H16O6/c1-12(2)4-7(13)10(8(14)5-12)6(11(17)18)3-9(15)16/h6,13H,3-5H2,1-2H3,(H,15,16)(H,17,18)/t6-/m0/s1. The highest BCUT2D eigenvalue weighted by atomic mass is 16.4. The minimum atomic E-state index is -1.48. The van der Waals surface area contributed by atoms with Gasteiger partial charge in [-0.1, -0.05) is 13.8 Å². The van der Waals surface area contributed by atoms with Gasteiger partial charge in [0.2, 0.25) is 0 Å². The number of allylic oxidation sites excluding steroid dienone is 1. The van der Waals surface area contributed by atoms with E-state index in [4.69, 9.17) is 10.2 Å². The van der Waals surface area contributed by atoms with Crippen LogP contribution in [0.5, 0.6) is 0 Å². The lowest BCUT2D eigenvalue weighted by Gasteiger charge is -2.31. The Morgan fingerprint density at radius 3 is 2.22 bits per heavy atom. The second-order valence-corrected chi connectivity index (χ2v) is 5.29. The van der Waals surface area contributed by atoms with Crippen molar-refractivity contribution < 1.29 is 29.7 Å². The topological polar surface area (TPSA) is 112 Å². The highest BCUT2D eigenvalue weighted by Gasteiger charge is 2.39. The van der Waals surface area contributed by atoms with Crippen LogP contribution in [-0.2, 0) is 14.4 Å². The van der Waals surface area contributed by atoms with Gasteiger partial charge in [-0.15, -0.1) is 0 Å². The van der Waals surface area contributed by atoms with Crippen molar-refractivity contribution in [3.05, 3.63) is 11.3 Å². The third-order valence-corrected chi connectivity index (χ3v) is 2.92. The average Bonchev–Trinajstić information content (AvgIpc) is 2.11. The number of carboxylic acid groups (broad SMARTS) is 2. The monoisotopic (exact) mass is 256 g/mol. The van der Waals surface area contributed by atoms with Gasteiger partial charge in [0.25, 0.3) is 0 Å². The summed E-state index contributed by atoms with van der Waals surface area (Å²) in [5.41, 5.74) is -0.694. The van der Waals surface area contributed by atoms with Crippen LogP contribution in [0.2, 0.25) is 0 Å². The van der Waals surface area contributed by atoms with Gasteiger partial charge in [-0.25, -0.2) is 0 Å². The Kier molecular flexibility index (Phi) is 3.79. The predicted molar refractivity (Wildman–Crippen MR) is 61.1 cm³/mol. The molecule has 0 saturated carbocycles. The van der Waals surface area contributed by atoms with Gasteiger partial charge in [-0.2, -0.15) is 0 Å². The molecule has 0 spiro atoms. The fraction of sp³-hybridized carbons (Fsp3) is 0.583. The first-order valence-electron chi connectivity index (χ1n) is 5.54. The van der Waals surface area contributed by atoms with Crippen LogP contribution in [0.3, 0.4) is 0 Å². The predicted octanol–water partition coefficient (Wildman–Crippen LogP) is 1.36. The Morgan fingerprint density at radius 2 is 1.83 bits per heavy atom. The number of ketones is 1. The third-order valence-electron chi connectivity index (χ3n) is 2.92. The molecule has 0 radical (unpaired) electrons. The maximum Gasteiger partial charge on any atom is 0.311 e. The molecule has 0 aromatic rings. The van der Waals surface area contributed by atoms with Crippen LogP contribution in [0.4, 0.5) is 0 Å². The second-order valence-electron chi connectivity index (χ2n) is 5.29. The number of rotatable bonds is 4. The Balaban J connectivity index is 3.15. The van der Waals surface area contributed by atoms with E-state index in [1.54, 1.807) is 13.8 Å². The molecular formula is C12H16O6. The van der Waals surface area contributed by atoms with E-state index in [2.05, 4.69) is 0 Å². The minimum absolute atomic E-state index is 0.107. The number of carbonyl (C=O) groups excluding carboxylic acids is 1. The molecule has 3 N–H and O–H groups in total. The molecule has 0 heterocycles. The Bertz CT molecular complexity index is 432. The van der Waals surface area contributed by atoms with Crippen LogP contribution >= 0.6 is 0 Å². The van der Waals surface area contributed by atoms with Crippen LogP contribution in [0.1, 0.15) is 33.1 Å². The van der Waals surface area contributed by atoms with Gasteiger partial charge in [0, 0.05) is 18.4 Å². The summed E-state index contributed by atoms with van der Waals surface area (Å²) < 4.78 is 0. The maximum absolute atomic E-state index is 11.9. The number of hydrogen-bond donors (Lipinski definition) is 3. The summed E-state index contributed by atoms with van der Waals surface area (Å²) in [4.78, 5) is 33.5. The fourth-order valence-electron chi connectivity index (χ4n) is 2.18. The highest BCUT2D eigenvalue weighted by molar-refractivity contribution is 6.02. The number of aliphatic hydroxyl groups is 1. The molecule has 1 rings (SSSR count). The fourth-order valence-corrected chi connectivity index (χ4v) is 2.18.